The van der Waals surface area contributed by atoms with Crippen molar-refractivity contribution in [2.24, 2.45) is 5.92 Å². The highest BCUT2D eigenvalue weighted by Gasteiger charge is 2.16. The van der Waals surface area contributed by atoms with Gasteiger partial charge in [0, 0.05) is 53.0 Å². The standard InChI is InChI=1S/C27H22N8O/c1-15(2)27(36)31-19-9-17(12-29-14-19)18-10-21-24(34-35-25(21)30-13-18)26-32-22-7-3-6-20(23(22)33-26)16-5-4-8-28-11-16/h3-15H,1-2H3,(H,31,36)(H,32,33)(H,30,34,35). The maximum Gasteiger partial charge on any atom is 0.226 e. The van der Waals surface area contributed by atoms with Gasteiger partial charge in [-0.25, -0.2) is 9.97 Å². The number of pyridine rings is 3. The van der Waals surface area contributed by atoms with E-state index in [2.05, 4.69) is 35.5 Å². The number of nitrogens with zero attached hydrogens (tertiary/aromatic N) is 5. The average molecular weight is 475 g/mol. The molecule has 6 rings (SSSR count). The van der Waals surface area contributed by atoms with Crippen LogP contribution in [0.5, 0.6) is 0 Å². The summed E-state index contributed by atoms with van der Waals surface area (Å²) in [5.41, 5.74) is 7.41. The Morgan fingerprint density at radius 2 is 1.81 bits per heavy atom. The third-order valence-electron chi connectivity index (χ3n) is 6.00. The number of rotatable bonds is 5. The largest absolute Gasteiger partial charge is 0.337 e. The number of hydrogen-bond donors (Lipinski definition) is 3. The van der Waals surface area contributed by atoms with Gasteiger partial charge in [0.2, 0.25) is 5.91 Å². The second kappa shape index (κ2) is 8.70. The first-order chi connectivity index (χ1) is 17.6. The fourth-order valence-corrected chi connectivity index (χ4v) is 4.10. The quantitative estimate of drug-likeness (QED) is 0.315. The summed E-state index contributed by atoms with van der Waals surface area (Å²) in [5, 5.41) is 11.2. The molecule has 0 aliphatic heterocycles. The van der Waals surface area contributed by atoms with Crippen molar-refractivity contribution in [1.82, 2.24) is 35.1 Å². The number of anilines is 1. The minimum absolute atomic E-state index is 0.0600. The first kappa shape index (κ1) is 21.6. The summed E-state index contributed by atoms with van der Waals surface area (Å²) >= 11 is 0. The van der Waals surface area contributed by atoms with Gasteiger partial charge in [0.15, 0.2) is 11.5 Å². The Hall–Kier alpha value is -4.92. The molecule has 36 heavy (non-hydrogen) atoms. The Morgan fingerprint density at radius 3 is 2.64 bits per heavy atom. The van der Waals surface area contributed by atoms with E-state index in [1.807, 2.05) is 62.5 Å². The molecule has 0 aliphatic carbocycles. The molecule has 0 radical (unpaired) electrons. The predicted octanol–water partition coefficient (Wildman–Crippen LogP) is 5.22. The van der Waals surface area contributed by atoms with E-state index >= 15 is 0 Å². The third kappa shape index (κ3) is 3.86. The van der Waals surface area contributed by atoms with E-state index in [-0.39, 0.29) is 11.8 Å². The maximum atomic E-state index is 12.1. The molecule has 0 fully saturated rings. The molecule has 0 atom stereocenters. The van der Waals surface area contributed by atoms with Crippen molar-refractivity contribution in [3.05, 3.63) is 73.4 Å². The molecule has 176 valence electrons. The van der Waals surface area contributed by atoms with Crippen LogP contribution in [0.1, 0.15) is 13.8 Å². The zero-order valence-electron chi connectivity index (χ0n) is 19.6. The number of aromatic nitrogens is 7. The third-order valence-corrected chi connectivity index (χ3v) is 6.00. The fourth-order valence-electron chi connectivity index (χ4n) is 4.10. The Bertz CT molecular complexity index is 1720. The van der Waals surface area contributed by atoms with E-state index in [4.69, 9.17) is 4.98 Å². The number of aromatic amines is 2. The number of imidazole rings is 1. The van der Waals surface area contributed by atoms with E-state index in [9.17, 15) is 4.79 Å². The number of para-hydroxylation sites is 1. The van der Waals surface area contributed by atoms with Crippen molar-refractivity contribution in [3.8, 4) is 33.8 Å². The number of hydrogen-bond acceptors (Lipinski definition) is 6. The van der Waals surface area contributed by atoms with Gasteiger partial charge in [0.1, 0.15) is 5.69 Å². The van der Waals surface area contributed by atoms with E-state index in [1.165, 1.54) is 0 Å². The zero-order chi connectivity index (χ0) is 24.6. The minimum atomic E-state index is -0.123. The summed E-state index contributed by atoms with van der Waals surface area (Å²) in [4.78, 5) is 33.5. The van der Waals surface area contributed by atoms with Crippen molar-refractivity contribution >= 4 is 33.7 Å². The number of nitrogens with one attached hydrogen (secondary N) is 3. The van der Waals surface area contributed by atoms with Crippen LogP contribution in [0, 0.1) is 5.92 Å². The molecular weight excluding hydrogens is 452 g/mol. The summed E-state index contributed by atoms with van der Waals surface area (Å²) in [5.74, 6) is 0.483. The second-order valence-corrected chi connectivity index (χ2v) is 8.83. The Labute approximate surface area is 206 Å². The number of fused-ring (bicyclic) bond motifs is 2. The van der Waals surface area contributed by atoms with Crippen molar-refractivity contribution in [3.63, 3.8) is 0 Å². The van der Waals surface area contributed by atoms with Crippen LogP contribution < -0.4 is 5.32 Å². The van der Waals surface area contributed by atoms with Crippen LogP contribution in [0.15, 0.2) is 73.4 Å². The molecule has 0 bridgehead atoms. The summed E-state index contributed by atoms with van der Waals surface area (Å²) < 4.78 is 0. The van der Waals surface area contributed by atoms with Crippen LogP contribution in [-0.4, -0.2) is 41.0 Å². The van der Waals surface area contributed by atoms with Crippen molar-refractivity contribution in [2.45, 2.75) is 13.8 Å². The topological polar surface area (TPSA) is 125 Å². The van der Waals surface area contributed by atoms with E-state index in [0.29, 0.717) is 17.2 Å². The van der Waals surface area contributed by atoms with Gasteiger partial charge >= 0.3 is 0 Å². The van der Waals surface area contributed by atoms with Gasteiger partial charge in [-0.2, -0.15) is 5.10 Å². The molecule has 1 aromatic carbocycles. The minimum Gasteiger partial charge on any atom is -0.337 e. The lowest BCUT2D eigenvalue weighted by Gasteiger charge is -2.09. The molecule has 0 unspecified atom stereocenters. The van der Waals surface area contributed by atoms with E-state index in [1.54, 1.807) is 24.8 Å². The maximum absolute atomic E-state index is 12.1. The molecule has 0 aliphatic rings. The van der Waals surface area contributed by atoms with E-state index < -0.39 is 0 Å². The molecule has 9 heteroatoms. The molecule has 6 aromatic rings. The first-order valence-corrected chi connectivity index (χ1v) is 11.6. The highest BCUT2D eigenvalue weighted by atomic mass is 16.1. The lowest BCUT2D eigenvalue weighted by Crippen LogP contribution is -2.17. The number of H-pyrrole nitrogens is 2. The predicted molar refractivity (Wildman–Crippen MR) is 139 cm³/mol. The van der Waals surface area contributed by atoms with Gasteiger partial charge in [-0.3, -0.25) is 19.9 Å². The van der Waals surface area contributed by atoms with Crippen LogP contribution in [0.25, 0.3) is 55.8 Å². The summed E-state index contributed by atoms with van der Waals surface area (Å²) in [6, 6.07) is 13.8. The average Bonchev–Trinajstić information content (AvgIpc) is 3.53. The van der Waals surface area contributed by atoms with Crippen LogP contribution in [-0.2, 0) is 4.79 Å². The Balaban J connectivity index is 1.41. The Kier molecular flexibility index (Phi) is 5.22. The SMILES string of the molecule is CC(C)C(=O)Nc1cncc(-c2cnc3n[nH]c(-c4nc5c(-c6cccnc6)cccc5[nH]4)c3c2)c1. The van der Waals surface area contributed by atoms with Crippen molar-refractivity contribution in [1.29, 1.82) is 0 Å². The van der Waals surface area contributed by atoms with Crippen LogP contribution in [0.2, 0.25) is 0 Å². The van der Waals surface area contributed by atoms with Crippen molar-refractivity contribution in [2.75, 3.05) is 5.32 Å². The molecule has 0 saturated carbocycles. The van der Waals surface area contributed by atoms with Gasteiger partial charge in [0.25, 0.3) is 0 Å². The smallest absolute Gasteiger partial charge is 0.226 e. The van der Waals surface area contributed by atoms with Gasteiger partial charge in [-0.05, 0) is 24.3 Å². The fraction of sp³-hybridized carbons (Fsp3) is 0.111. The first-order valence-electron chi connectivity index (χ1n) is 11.6. The van der Waals surface area contributed by atoms with Crippen molar-refractivity contribution < 1.29 is 4.79 Å². The molecule has 0 spiro atoms. The number of carbonyl (C=O) groups is 1. The van der Waals surface area contributed by atoms with Gasteiger partial charge in [-0.1, -0.05) is 32.0 Å². The number of carbonyl (C=O) groups excluding carboxylic acids is 1. The van der Waals surface area contributed by atoms with E-state index in [0.717, 1.165) is 44.4 Å². The van der Waals surface area contributed by atoms with Gasteiger partial charge in [0.05, 0.1) is 28.3 Å². The monoisotopic (exact) mass is 474 g/mol. The highest BCUT2D eigenvalue weighted by Crippen LogP contribution is 2.32. The summed E-state index contributed by atoms with van der Waals surface area (Å²) in [6.07, 6.45) is 8.71. The van der Waals surface area contributed by atoms with Gasteiger partial charge in [-0.15, -0.1) is 0 Å². The molecule has 0 saturated heterocycles. The number of benzene rings is 1. The zero-order valence-corrected chi connectivity index (χ0v) is 19.6. The molecule has 5 heterocycles. The Morgan fingerprint density at radius 1 is 0.944 bits per heavy atom. The molecule has 9 nitrogen and oxygen atoms in total. The lowest BCUT2D eigenvalue weighted by molar-refractivity contribution is -0.118. The lowest BCUT2D eigenvalue weighted by atomic mass is 10.1. The summed E-state index contributed by atoms with van der Waals surface area (Å²) in [7, 11) is 0. The highest BCUT2D eigenvalue weighted by molar-refractivity contribution is 5.97. The molecule has 1 amide bonds. The second-order valence-electron chi connectivity index (χ2n) is 8.83. The van der Waals surface area contributed by atoms with Gasteiger partial charge < -0.3 is 10.3 Å². The van der Waals surface area contributed by atoms with Crippen LogP contribution in [0.4, 0.5) is 5.69 Å². The molecule has 3 N–H and O–H groups in total. The van der Waals surface area contributed by atoms with Crippen LogP contribution in [0.3, 0.4) is 0 Å². The number of amides is 1. The molecular formula is C27H22N8O. The van der Waals surface area contributed by atoms with Crippen LogP contribution >= 0.6 is 0 Å². The normalized spacial score (nSPS) is 11.4. The molecule has 5 aromatic heterocycles. The summed E-state index contributed by atoms with van der Waals surface area (Å²) in [6.45, 7) is 3.70.